The third-order valence-corrected chi connectivity index (χ3v) is 11.1. The first-order valence-corrected chi connectivity index (χ1v) is 20.0. The Morgan fingerprint density at radius 3 is 2.32 bits per heavy atom. The largest absolute Gasteiger partial charge is 0.481 e. The van der Waals surface area contributed by atoms with Crippen LogP contribution in [0.4, 0.5) is 13.6 Å². The van der Waals surface area contributed by atoms with Gasteiger partial charge in [-0.3, -0.25) is 19.0 Å². The minimum absolute atomic E-state index is 0.0575. The van der Waals surface area contributed by atoms with Crippen LogP contribution in [0.5, 0.6) is 5.88 Å². The van der Waals surface area contributed by atoms with Gasteiger partial charge < -0.3 is 30.3 Å². The third kappa shape index (κ3) is 8.95. The highest BCUT2D eigenvalue weighted by Gasteiger charge is 2.47. The number of aromatic nitrogens is 4. The van der Waals surface area contributed by atoms with Crippen LogP contribution in [0.2, 0.25) is 10.0 Å². The van der Waals surface area contributed by atoms with Gasteiger partial charge >= 0.3 is 12.0 Å². The summed E-state index contributed by atoms with van der Waals surface area (Å²) in [5.74, 6) is -4.12. The summed E-state index contributed by atoms with van der Waals surface area (Å²) in [7, 11) is 3.07. The molecule has 14 nitrogen and oxygen atoms in total. The van der Waals surface area contributed by atoms with E-state index in [1.807, 2.05) is 42.5 Å². The van der Waals surface area contributed by atoms with Gasteiger partial charge in [-0.05, 0) is 45.4 Å². The first-order valence-electron chi connectivity index (χ1n) is 19.3. The number of fused-ring (bicyclic) bond motifs is 1. The van der Waals surface area contributed by atoms with Gasteiger partial charge in [0.15, 0.2) is 0 Å². The number of carbonyl (C=O) groups excluding carboxylic acids is 3. The standard InChI is InChI=1S/C42H44Cl2F2N8O6/c1-41(2,3)60-40(58)53(22-25-13-15-34(55)48-25)20-23-12-14-31(50-37(23)59-5)30-11-7-10-29(36(30)44)28-9-6-8-27(35(28)43)24-16-32-38(56)52(4)33(51-54(32)21-24)19-47-18-26-17-42(45,46)39(57)49-26/h6-12,14,16,21,25-26,47H,13,15,17-20,22H2,1-5H3,(H,48,55)(H,49,57)/t25-,26?/m0/s1. The Hall–Kier alpha value is -5.58. The predicted octanol–water partition coefficient (Wildman–Crippen LogP) is 6.37. The molecule has 3 aromatic heterocycles. The Morgan fingerprint density at radius 2 is 1.68 bits per heavy atom. The number of nitrogens with one attached hydrogen (secondary N) is 3. The second-order valence-corrected chi connectivity index (χ2v) is 16.7. The smallest absolute Gasteiger partial charge is 0.410 e. The van der Waals surface area contributed by atoms with Crippen LogP contribution < -0.4 is 26.2 Å². The summed E-state index contributed by atoms with van der Waals surface area (Å²) in [6.07, 6.45) is 1.55. The molecule has 0 radical (unpaired) electrons. The second-order valence-electron chi connectivity index (χ2n) is 15.9. The van der Waals surface area contributed by atoms with E-state index in [2.05, 4.69) is 21.0 Å². The maximum atomic E-state index is 13.7. The van der Waals surface area contributed by atoms with E-state index in [4.69, 9.17) is 37.7 Å². The minimum atomic E-state index is -3.41. The van der Waals surface area contributed by atoms with Crippen LogP contribution in [0, 0.1) is 0 Å². The molecule has 2 fully saturated rings. The molecule has 2 saturated heterocycles. The Balaban J connectivity index is 1.13. The number of carbonyl (C=O) groups is 3. The van der Waals surface area contributed by atoms with Gasteiger partial charge in [0, 0.05) is 84.6 Å². The molecule has 60 heavy (non-hydrogen) atoms. The Morgan fingerprint density at radius 1 is 1.00 bits per heavy atom. The zero-order valence-corrected chi connectivity index (χ0v) is 35.1. The molecule has 5 heterocycles. The third-order valence-electron chi connectivity index (χ3n) is 10.3. The minimum Gasteiger partial charge on any atom is -0.481 e. The molecule has 0 spiro atoms. The van der Waals surface area contributed by atoms with Crippen LogP contribution in [-0.2, 0) is 34.5 Å². The van der Waals surface area contributed by atoms with Gasteiger partial charge in [-0.25, -0.2) is 14.3 Å². The molecule has 2 aliphatic heterocycles. The zero-order chi connectivity index (χ0) is 43.1. The van der Waals surface area contributed by atoms with Crippen molar-refractivity contribution in [3.05, 3.63) is 92.6 Å². The summed E-state index contributed by atoms with van der Waals surface area (Å²) in [4.78, 5) is 56.5. The quantitative estimate of drug-likeness (QED) is 0.129. The molecule has 2 aromatic carbocycles. The number of alkyl halides is 2. The van der Waals surface area contributed by atoms with Crippen LogP contribution in [-0.4, -0.2) is 85.8 Å². The maximum absolute atomic E-state index is 13.7. The number of hydrogen-bond donors (Lipinski definition) is 3. The van der Waals surface area contributed by atoms with Gasteiger partial charge in [-0.15, -0.1) is 0 Å². The highest BCUT2D eigenvalue weighted by atomic mass is 35.5. The Kier molecular flexibility index (Phi) is 11.9. The molecule has 2 atom stereocenters. The molecule has 0 bridgehead atoms. The molecule has 0 saturated carbocycles. The van der Waals surface area contributed by atoms with Crippen LogP contribution >= 0.6 is 23.2 Å². The van der Waals surface area contributed by atoms with Crippen molar-refractivity contribution < 1.29 is 32.6 Å². The molecular weight excluding hydrogens is 821 g/mol. The fraction of sp³-hybridized carbons (Fsp3) is 0.381. The molecule has 1 unspecified atom stereocenters. The van der Waals surface area contributed by atoms with E-state index in [0.717, 1.165) is 0 Å². The number of halogens is 4. The zero-order valence-electron chi connectivity index (χ0n) is 33.6. The van der Waals surface area contributed by atoms with Gasteiger partial charge in [0.2, 0.25) is 11.8 Å². The number of methoxy groups -OCH3 is 1. The molecule has 0 aliphatic carbocycles. The summed E-state index contributed by atoms with van der Waals surface area (Å²) in [5.41, 5.74) is 3.47. The molecule has 2 aliphatic rings. The lowest BCUT2D eigenvalue weighted by Gasteiger charge is -2.29. The lowest BCUT2D eigenvalue weighted by molar-refractivity contribution is -0.139. The van der Waals surface area contributed by atoms with Crippen molar-refractivity contribution in [3.8, 4) is 39.4 Å². The fourth-order valence-electron chi connectivity index (χ4n) is 7.33. The monoisotopic (exact) mass is 864 g/mol. The van der Waals surface area contributed by atoms with Gasteiger partial charge in [-0.1, -0.05) is 59.6 Å². The van der Waals surface area contributed by atoms with E-state index in [1.54, 1.807) is 46.1 Å². The van der Waals surface area contributed by atoms with Gasteiger partial charge in [-0.2, -0.15) is 13.9 Å². The summed E-state index contributed by atoms with van der Waals surface area (Å²) in [6, 6.07) is 15.3. The van der Waals surface area contributed by atoms with Gasteiger partial charge in [0.25, 0.3) is 11.5 Å². The number of pyridine rings is 1. The van der Waals surface area contributed by atoms with E-state index in [0.29, 0.717) is 73.3 Å². The highest BCUT2D eigenvalue weighted by molar-refractivity contribution is 6.39. The number of rotatable bonds is 12. The topological polar surface area (TPSA) is 161 Å². The van der Waals surface area contributed by atoms with Crippen molar-refractivity contribution in [2.45, 2.75) is 76.7 Å². The molecule has 316 valence electrons. The Labute approximate surface area is 354 Å². The lowest BCUT2D eigenvalue weighted by atomic mass is 9.97. The van der Waals surface area contributed by atoms with E-state index in [1.165, 1.54) is 21.1 Å². The van der Waals surface area contributed by atoms with Crippen molar-refractivity contribution >= 4 is 46.6 Å². The van der Waals surface area contributed by atoms with Gasteiger partial charge in [0.05, 0.1) is 35.9 Å². The van der Waals surface area contributed by atoms with Crippen LogP contribution in [0.25, 0.3) is 39.0 Å². The molecule has 3 amide bonds. The molecule has 7 rings (SSSR count). The average Bonchev–Trinajstić information content (AvgIpc) is 3.88. The van der Waals surface area contributed by atoms with Crippen molar-refractivity contribution in [1.82, 2.24) is 40.0 Å². The molecular formula is C42H44Cl2F2N8O6. The van der Waals surface area contributed by atoms with Crippen molar-refractivity contribution in [3.63, 3.8) is 0 Å². The summed E-state index contributed by atoms with van der Waals surface area (Å²) < 4.78 is 41.6. The van der Waals surface area contributed by atoms with Crippen molar-refractivity contribution in [2.24, 2.45) is 7.05 Å². The normalized spacial score (nSPS) is 17.5. The summed E-state index contributed by atoms with van der Waals surface area (Å²) in [6.45, 7) is 5.91. The second kappa shape index (κ2) is 16.8. The van der Waals surface area contributed by atoms with Crippen LogP contribution in [0.15, 0.2) is 65.6 Å². The van der Waals surface area contributed by atoms with E-state index in [9.17, 15) is 28.0 Å². The first kappa shape index (κ1) is 42.5. The average molecular weight is 866 g/mol. The Bertz CT molecular complexity index is 2560. The summed E-state index contributed by atoms with van der Waals surface area (Å²) >= 11 is 14.3. The lowest BCUT2D eigenvalue weighted by Crippen LogP contribution is -2.43. The summed E-state index contributed by atoms with van der Waals surface area (Å²) in [5, 5.41) is 13.6. The molecule has 18 heteroatoms. The number of hydrogen-bond acceptors (Lipinski definition) is 9. The van der Waals surface area contributed by atoms with E-state index >= 15 is 0 Å². The highest BCUT2D eigenvalue weighted by Crippen LogP contribution is 2.42. The molecule has 3 N–H and O–H groups in total. The van der Waals surface area contributed by atoms with Crippen LogP contribution in [0.3, 0.4) is 0 Å². The number of nitrogens with zero attached hydrogens (tertiary/aromatic N) is 5. The SMILES string of the molecule is COc1nc(-c2cccc(-c3cccc(-c4cc5c(=O)n(C)c(CNCC6CC(F)(F)C(=O)N6)nn5c4)c3Cl)c2Cl)ccc1CN(C[C@@H]1CCC(=O)N1)C(=O)OC(C)(C)C. The number of benzene rings is 2. The van der Waals surface area contributed by atoms with Gasteiger partial charge in [0.1, 0.15) is 16.9 Å². The van der Waals surface area contributed by atoms with Crippen molar-refractivity contribution in [2.75, 3.05) is 20.2 Å². The number of amides is 3. The van der Waals surface area contributed by atoms with E-state index < -0.39 is 36.0 Å². The fourth-order valence-corrected chi connectivity index (χ4v) is 8.00. The van der Waals surface area contributed by atoms with Crippen molar-refractivity contribution in [1.29, 1.82) is 0 Å². The predicted molar refractivity (Wildman–Crippen MR) is 222 cm³/mol. The molecule has 5 aromatic rings. The van der Waals surface area contributed by atoms with E-state index in [-0.39, 0.29) is 49.6 Å². The number of ether oxygens (including phenoxy) is 2. The van der Waals surface area contributed by atoms with Crippen LogP contribution in [0.1, 0.15) is 51.4 Å². The first-order chi connectivity index (χ1) is 28.4. The maximum Gasteiger partial charge on any atom is 0.410 e.